The number of esters is 1. The number of rotatable bonds is 6. The zero-order valence-electron chi connectivity index (χ0n) is 15.3. The van der Waals surface area contributed by atoms with Crippen LogP contribution < -0.4 is 4.74 Å². The van der Waals surface area contributed by atoms with Crippen molar-refractivity contribution in [1.29, 1.82) is 0 Å². The maximum Gasteiger partial charge on any atom is 0.343 e. The van der Waals surface area contributed by atoms with Gasteiger partial charge in [-0.1, -0.05) is 42.5 Å². The molecule has 0 N–H and O–H groups in total. The summed E-state index contributed by atoms with van der Waals surface area (Å²) in [6.45, 7) is 4.20. The van der Waals surface area contributed by atoms with Gasteiger partial charge in [0.25, 0.3) is 5.91 Å². The minimum atomic E-state index is -1.01. The lowest BCUT2D eigenvalue weighted by Crippen LogP contribution is -2.44. The third kappa shape index (κ3) is 4.65. The summed E-state index contributed by atoms with van der Waals surface area (Å²) in [5.74, 6) is -0.392. The van der Waals surface area contributed by atoms with Gasteiger partial charge in [-0.2, -0.15) is 0 Å². The van der Waals surface area contributed by atoms with Crippen molar-refractivity contribution in [3.05, 3.63) is 65.7 Å². The van der Waals surface area contributed by atoms with Crippen LogP contribution in [0.2, 0.25) is 0 Å². The Balaban J connectivity index is 1.85. The fourth-order valence-corrected chi connectivity index (χ4v) is 2.93. The number of nitrogens with zero attached hydrogens (tertiary/aromatic N) is 1. The van der Waals surface area contributed by atoms with Crippen LogP contribution in [0.25, 0.3) is 0 Å². The molecule has 1 saturated heterocycles. The van der Waals surface area contributed by atoms with Crippen LogP contribution in [-0.2, 0) is 14.3 Å². The molecule has 142 valence electrons. The minimum Gasteiger partial charge on any atom is -0.493 e. The Hall–Kier alpha value is -2.86. The largest absolute Gasteiger partial charge is 0.493 e. The Bertz CT molecular complexity index is 771. The molecule has 2 aromatic rings. The molecule has 0 unspecified atom stereocenters. The normalized spacial score (nSPS) is 15.1. The van der Waals surface area contributed by atoms with Crippen LogP contribution in [0.15, 0.2) is 54.6 Å². The Morgan fingerprint density at radius 2 is 1.70 bits per heavy atom. The highest BCUT2D eigenvalue weighted by Crippen LogP contribution is 2.25. The Labute approximate surface area is 158 Å². The summed E-state index contributed by atoms with van der Waals surface area (Å²) in [4.78, 5) is 27.5. The van der Waals surface area contributed by atoms with Crippen LogP contribution in [0, 0.1) is 0 Å². The van der Waals surface area contributed by atoms with Crippen LogP contribution in [-0.4, -0.2) is 49.7 Å². The number of amides is 1. The van der Waals surface area contributed by atoms with E-state index in [0.29, 0.717) is 49.8 Å². The van der Waals surface area contributed by atoms with Crippen LogP contribution >= 0.6 is 0 Å². The number of carbonyl (C=O) groups is 2. The van der Waals surface area contributed by atoms with Gasteiger partial charge >= 0.3 is 5.97 Å². The van der Waals surface area contributed by atoms with Gasteiger partial charge in [-0.3, -0.25) is 4.79 Å². The summed E-state index contributed by atoms with van der Waals surface area (Å²) in [5.41, 5.74) is 0.936. The highest BCUT2D eigenvalue weighted by atomic mass is 16.6. The van der Waals surface area contributed by atoms with Crippen LogP contribution in [0.4, 0.5) is 0 Å². The molecule has 3 rings (SSSR count). The number of carbonyl (C=O) groups excluding carboxylic acids is 2. The van der Waals surface area contributed by atoms with Crippen molar-refractivity contribution in [3.8, 4) is 5.75 Å². The van der Waals surface area contributed by atoms with E-state index in [4.69, 9.17) is 14.2 Å². The first-order valence-corrected chi connectivity index (χ1v) is 9.05. The van der Waals surface area contributed by atoms with E-state index in [1.165, 1.54) is 0 Å². The molecule has 0 radical (unpaired) electrons. The number of benzene rings is 2. The van der Waals surface area contributed by atoms with E-state index in [1.54, 1.807) is 41.3 Å². The Morgan fingerprint density at radius 3 is 2.41 bits per heavy atom. The van der Waals surface area contributed by atoms with Crippen molar-refractivity contribution in [2.45, 2.75) is 13.0 Å². The molecule has 1 aliphatic heterocycles. The molecule has 1 amide bonds. The maximum atomic E-state index is 13.0. The summed E-state index contributed by atoms with van der Waals surface area (Å²) in [6.07, 6.45) is -1.01. The lowest BCUT2D eigenvalue weighted by Gasteiger charge is -2.30. The van der Waals surface area contributed by atoms with E-state index in [9.17, 15) is 9.59 Å². The predicted molar refractivity (Wildman–Crippen MR) is 99.6 cm³/mol. The number of para-hydroxylation sites is 1. The Morgan fingerprint density at radius 1 is 1.04 bits per heavy atom. The van der Waals surface area contributed by atoms with Crippen LogP contribution in [0.1, 0.15) is 28.9 Å². The number of morpholine rings is 1. The van der Waals surface area contributed by atoms with Gasteiger partial charge in [0, 0.05) is 18.7 Å². The van der Waals surface area contributed by atoms with Gasteiger partial charge in [0.1, 0.15) is 11.3 Å². The minimum absolute atomic E-state index is 0.244. The zero-order valence-corrected chi connectivity index (χ0v) is 15.3. The van der Waals surface area contributed by atoms with Gasteiger partial charge in [-0.05, 0) is 19.1 Å². The molecule has 27 heavy (non-hydrogen) atoms. The van der Waals surface area contributed by atoms with Gasteiger partial charge in [0.2, 0.25) is 6.10 Å². The summed E-state index contributed by atoms with van der Waals surface area (Å²) < 4.78 is 16.5. The molecular weight excluding hydrogens is 346 g/mol. The summed E-state index contributed by atoms with van der Waals surface area (Å²) in [7, 11) is 0. The van der Waals surface area contributed by atoms with Crippen molar-refractivity contribution >= 4 is 11.9 Å². The molecule has 0 aromatic heterocycles. The average molecular weight is 369 g/mol. The number of hydrogen-bond acceptors (Lipinski definition) is 5. The fraction of sp³-hybridized carbons (Fsp3) is 0.333. The molecule has 1 aliphatic rings. The molecular formula is C21H23NO5. The van der Waals surface area contributed by atoms with E-state index in [0.717, 1.165) is 0 Å². The summed E-state index contributed by atoms with van der Waals surface area (Å²) in [5, 5.41) is 0. The topological polar surface area (TPSA) is 65.1 Å². The molecule has 0 spiro atoms. The van der Waals surface area contributed by atoms with Gasteiger partial charge in [-0.15, -0.1) is 0 Å². The van der Waals surface area contributed by atoms with Crippen molar-refractivity contribution in [2.24, 2.45) is 0 Å². The van der Waals surface area contributed by atoms with E-state index < -0.39 is 12.1 Å². The first-order chi connectivity index (χ1) is 13.2. The predicted octanol–water partition coefficient (Wildman–Crippen LogP) is 2.84. The summed E-state index contributed by atoms with van der Waals surface area (Å²) in [6, 6.07) is 15.9. The number of hydrogen-bond donors (Lipinski definition) is 0. The average Bonchev–Trinajstić information content (AvgIpc) is 2.73. The molecule has 0 aliphatic carbocycles. The molecule has 0 saturated carbocycles. The first-order valence-electron chi connectivity index (χ1n) is 9.05. The highest BCUT2D eigenvalue weighted by molar-refractivity contribution is 5.95. The zero-order chi connectivity index (χ0) is 19.1. The van der Waals surface area contributed by atoms with Gasteiger partial charge in [0.15, 0.2) is 0 Å². The van der Waals surface area contributed by atoms with Crippen molar-refractivity contribution < 1.29 is 23.8 Å². The van der Waals surface area contributed by atoms with Crippen molar-refractivity contribution in [3.63, 3.8) is 0 Å². The first kappa shape index (κ1) is 18.9. The number of ether oxygens (including phenoxy) is 3. The van der Waals surface area contributed by atoms with Crippen LogP contribution in [0.3, 0.4) is 0 Å². The third-order valence-corrected chi connectivity index (χ3v) is 4.28. The molecule has 6 nitrogen and oxygen atoms in total. The summed E-state index contributed by atoms with van der Waals surface area (Å²) >= 11 is 0. The Kier molecular flexibility index (Phi) is 6.44. The van der Waals surface area contributed by atoms with E-state index in [-0.39, 0.29) is 5.91 Å². The monoisotopic (exact) mass is 369 g/mol. The molecule has 1 fully saturated rings. The molecule has 1 atom stereocenters. The SMILES string of the molecule is CCOc1ccccc1C(=O)O[C@@H](C(=O)N1CCOCC1)c1ccccc1. The van der Waals surface area contributed by atoms with Gasteiger partial charge in [-0.25, -0.2) is 4.79 Å². The molecule has 1 heterocycles. The van der Waals surface area contributed by atoms with Crippen LogP contribution in [0.5, 0.6) is 5.75 Å². The lowest BCUT2D eigenvalue weighted by atomic mass is 10.1. The van der Waals surface area contributed by atoms with E-state index >= 15 is 0 Å². The molecule has 0 bridgehead atoms. The lowest BCUT2D eigenvalue weighted by molar-refractivity contribution is -0.145. The van der Waals surface area contributed by atoms with Crippen molar-refractivity contribution in [1.82, 2.24) is 4.90 Å². The smallest absolute Gasteiger partial charge is 0.343 e. The van der Waals surface area contributed by atoms with E-state index in [2.05, 4.69) is 0 Å². The quantitative estimate of drug-likeness (QED) is 0.733. The van der Waals surface area contributed by atoms with Crippen molar-refractivity contribution in [2.75, 3.05) is 32.9 Å². The second-order valence-electron chi connectivity index (χ2n) is 6.06. The second kappa shape index (κ2) is 9.19. The van der Waals surface area contributed by atoms with Gasteiger partial charge < -0.3 is 19.1 Å². The molecule has 6 heteroatoms. The standard InChI is InChI=1S/C21H23NO5/c1-2-26-18-11-7-6-10-17(18)21(24)27-19(16-8-4-3-5-9-16)20(23)22-12-14-25-15-13-22/h3-11,19H,2,12-15H2,1H3/t19-/m1/s1. The van der Waals surface area contributed by atoms with Gasteiger partial charge in [0.05, 0.1) is 19.8 Å². The third-order valence-electron chi connectivity index (χ3n) is 4.28. The molecule has 2 aromatic carbocycles. The maximum absolute atomic E-state index is 13.0. The highest BCUT2D eigenvalue weighted by Gasteiger charge is 2.31. The van der Waals surface area contributed by atoms with E-state index in [1.807, 2.05) is 25.1 Å². The fourth-order valence-electron chi connectivity index (χ4n) is 2.93. The second-order valence-corrected chi connectivity index (χ2v) is 6.06.